The molecule has 7 heteroatoms. The van der Waals surface area contributed by atoms with Gasteiger partial charge in [-0.05, 0) is 68.1 Å². The van der Waals surface area contributed by atoms with Crippen LogP contribution in [0.3, 0.4) is 0 Å². The minimum Gasteiger partial charge on any atom is -0.484 e. The molecule has 0 saturated carbocycles. The van der Waals surface area contributed by atoms with E-state index >= 15 is 0 Å². The second-order valence-corrected chi connectivity index (χ2v) is 8.74. The third-order valence-electron chi connectivity index (χ3n) is 4.62. The summed E-state index contributed by atoms with van der Waals surface area (Å²) in [5.41, 5.74) is 3.38. The minimum absolute atomic E-state index is 0.116. The molecule has 1 N–H and O–H groups in total. The van der Waals surface area contributed by atoms with Crippen molar-refractivity contribution in [3.8, 4) is 5.75 Å². The Morgan fingerprint density at radius 2 is 1.93 bits per heavy atom. The molecule has 1 heterocycles. The van der Waals surface area contributed by atoms with E-state index in [0.717, 1.165) is 17.5 Å². The highest BCUT2D eigenvalue weighted by Gasteiger charge is 2.26. The van der Waals surface area contributed by atoms with Gasteiger partial charge in [-0.1, -0.05) is 12.1 Å². The Hall–Kier alpha value is -2.54. The van der Waals surface area contributed by atoms with Crippen molar-refractivity contribution in [3.05, 3.63) is 53.6 Å². The Labute approximate surface area is 160 Å². The average Bonchev–Trinajstić information content (AvgIpc) is 2.62. The van der Waals surface area contributed by atoms with E-state index < -0.39 is 10.0 Å². The molecule has 2 aromatic carbocycles. The maximum atomic E-state index is 12.2. The van der Waals surface area contributed by atoms with E-state index in [2.05, 4.69) is 5.32 Å². The van der Waals surface area contributed by atoms with Crippen LogP contribution >= 0.6 is 0 Å². The molecule has 6 nitrogen and oxygen atoms in total. The summed E-state index contributed by atoms with van der Waals surface area (Å²) in [6.07, 6.45) is 1.52. The number of aryl methyl sites for hydroxylation is 2. The third kappa shape index (κ3) is 4.80. The normalized spacial score (nSPS) is 16.0. The van der Waals surface area contributed by atoms with E-state index in [9.17, 15) is 13.2 Å². The van der Waals surface area contributed by atoms with Crippen molar-refractivity contribution in [2.24, 2.45) is 0 Å². The number of nitrogens with one attached hydrogen (secondary N) is 1. The number of benzene rings is 2. The summed E-state index contributed by atoms with van der Waals surface area (Å²) in [6, 6.07) is 12.6. The van der Waals surface area contributed by atoms with Crippen LogP contribution in [0.2, 0.25) is 0 Å². The van der Waals surface area contributed by atoms with E-state index in [1.165, 1.54) is 4.31 Å². The van der Waals surface area contributed by atoms with Crippen molar-refractivity contribution in [3.63, 3.8) is 0 Å². The van der Waals surface area contributed by atoms with Crippen LogP contribution in [0, 0.1) is 13.8 Å². The Morgan fingerprint density at radius 1 is 1.11 bits per heavy atom. The lowest BCUT2D eigenvalue weighted by Crippen LogP contribution is -2.37. The van der Waals surface area contributed by atoms with Gasteiger partial charge in [-0.3, -0.25) is 9.10 Å². The first kappa shape index (κ1) is 19.2. The zero-order chi connectivity index (χ0) is 19.4. The molecule has 1 fully saturated rings. The van der Waals surface area contributed by atoms with Gasteiger partial charge in [-0.15, -0.1) is 0 Å². The van der Waals surface area contributed by atoms with Gasteiger partial charge in [0.1, 0.15) is 5.75 Å². The Morgan fingerprint density at radius 3 is 2.67 bits per heavy atom. The second-order valence-electron chi connectivity index (χ2n) is 6.73. The third-order valence-corrected chi connectivity index (χ3v) is 6.49. The highest BCUT2D eigenvalue weighted by Crippen LogP contribution is 2.26. The zero-order valence-electron chi connectivity index (χ0n) is 15.6. The van der Waals surface area contributed by atoms with Gasteiger partial charge in [0.25, 0.3) is 5.91 Å². The molecule has 0 spiro atoms. The monoisotopic (exact) mass is 388 g/mol. The number of carbonyl (C=O) groups is 1. The van der Waals surface area contributed by atoms with Gasteiger partial charge in [-0.2, -0.15) is 0 Å². The van der Waals surface area contributed by atoms with Gasteiger partial charge >= 0.3 is 0 Å². The van der Waals surface area contributed by atoms with Crippen molar-refractivity contribution in [2.45, 2.75) is 26.7 Å². The number of hydrogen-bond donors (Lipinski definition) is 1. The number of carbonyl (C=O) groups excluding carboxylic acids is 1. The van der Waals surface area contributed by atoms with E-state index in [-0.39, 0.29) is 18.3 Å². The maximum Gasteiger partial charge on any atom is 0.262 e. The summed E-state index contributed by atoms with van der Waals surface area (Å²) in [4.78, 5) is 12.2. The Bertz CT molecular complexity index is 941. The predicted octanol–water partition coefficient (Wildman–Crippen LogP) is 3.25. The number of nitrogens with zero attached hydrogens (tertiary/aromatic N) is 1. The highest BCUT2D eigenvalue weighted by molar-refractivity contribution is 7.92. The summed E-state index contributed by atoms with van der Waals surface area (Å²) in [7, 11) is -3.28. The molecule has 27 heavy (non-hydrogen) atoms. The van der Waals surface area contributed by atoms with E-state index in [1.54, 1.807) is 24.3 Å². The fourth-order valence-electron chi connectivity index (χ4n) is 2.97. The number of ether oxygens (including phenoxy) is 1. The minimum atomic E-state index is -3.28. The fraction of sp³-hybridized carbons (Fsp3) is 0.350. The smallest absolute Gasteiger partial charge is 0.262 e. The molecule has 144 valence electrons. The van der Waals surface area contributed by atoms with E-state index in [4.69, 9.17) is 4.74 Å². The number of sulfonamides is 1. The number of rotatable bonds is 5. The molecule has 0 aromatic heterocycles. The molecule has 3 rings (SSSR count). The fourth-order valence-corrected chi connectivity index (χ4v) is 4.60. The van der Waals surface area contributed by atoms with Crippen LogP contribution in [0.25, 0.3) is 0 Å². The topological polar surface area (TPSA) is 75.7 Å². The largest absolute Gasteiger partial charge is 0.484 e. The van der Waals surface area contributed by atoms with Crippen LogP contribution in [0.15, 0.2) is 42.5 Å². The first-order valence-electron chi connectivity index (χ1n) is 8.95. The predicted molar refractivity (Wildman–Crippen MR) is 107 cm³/mol. The molecule has 0 unspecified atom stereocenters. The van der Waals surface area contributed by atoms with Crippen LogP contribution < -0.4 is 14.4 Å². The number of anilines is 2. The first-order chi connectivity index (χ1) is 12.8. The van der Waals surface area contributed by atoms with Crippen LogP contribution in [0.5, 0.6) is 5.75 Å². The van der Waals surface area contributed by atoms with Gasteiger partial charge in [-0.25, -0.2) is 8.42 Å². The maximum absolute atomic E-state index is 12.2. The average molecular weight is 388 g/mol. The second kappa shape index (κ2) is 8.00. The molecule has 0 radical (unpaired) electrons. The molecule has 0 atom stereocenters. The standard InChI is InChI=1S/C20H24N2O4S/c1-15-8-9-19(12-16(15)2)26-14-20(23)21-17-6-5-7-18(13-17)22-10-3-4-11-27(22,24)25/h5-9,12-13H,3-4,10-11,14H2,1-2H3,(H,21,23). The van der Waals surface area contributed by atoms with E-state index in [0.29, 0.717) is 30.1 Å². The zero-order valence-corrected chi connectivity index (χ0v) is 16.4. The Kier molecular flexibility index (Phi) is 5.70. The highest BCUT2D eigenvalue weighted by atomic mass is 32.2. The molecule has 0 bridgehead atoms. The molecular weight excluding hydrogens is 364 g/mol. The van der Waals surface area contributed by atoms with Crippen molar-refractivity contribution in [1.82, 2.24) is 0 Å². The quantitative estimate of drug-likeness (QED) is 0.853. The summed E-state index contributed by atoms with van der Waals surface area (Å²) < 4.78 is 31.4. The van der Waals surface area contributed by atoms with E-state index in [1.807, 2.05) is 32.0 Å². The first-order valence-corrected chi connectivity index (χ1v) is 10.6. The van der Waals surface area contributed by atoms with Crippen molar-refractivity contribution >= 4 is 27.3 Å². The lowest BCUT2D eigenvalue weighted by atomic mass is 10.1. The molecule has 1 amide bonds. The van der Waals surface area contributed by atoms with Crippen LogP contribution in [0.4, 0.5) is 11.4 Å². The van der Waals surface area contributed by atoms with Gasteiger partial charge in [0.15, 0.2) is 6.61 Å². The van der Waals surface area contributed by atoms with Crippen molar-refractivity contribution < 1.29 is 17.9 Å². The van der Waals surface area contributed by atoms with Crippen LogP contribution in [-0.4, -0.2) is 33.2 Å². The molecule has 2 aromatic rings. The summed E-state index contributed by atoms with van der Waals surface area (Å²) >= 11 is 0. The van der Waals surface area contributed by atoms with Crippen LogP contribution in [0.1, 0.15) is 24.0 Å². The SMILES string of the molecule is Cc1ccc(OCC(=O)Nc2cccc(N3CCCCS3(=O)=O)c2)cc1C. The van der Waals surface area contributed by atoms with Crippen molar-refractivity contribution in [2.75, 3.05) is 28.5 Å². The van der Waals surface area contributed by atoms with Gasteiger partial charge < -0.3 is 10.1 Å². The molecular formula is C20H24N2O4S. The molecule has 0 aliphatic carbocycles. The van der Waals surface area contributed by atoms with Gasteiger partial charge in [0, 0.05) is 12.2 Å². The molecule has 1 aliphatic rings. The van der Waals surface area contributed by atoms with Crippen LogP contribution in [-0.2, 0) is 14.8 Å². The lowest BCUT2D eigenvalue weighted by Gasteiger charge is -2.28. The molecule has 1 saturated heterocycles. The molecule has 1 aliphatic heterocycles. The van der Waals surface area contributed by atoms with Crippen molar-refractivity contribution in [1.29, 1.82) is 0 Å². The number of amides is 1. The summed E-state index contributed by atoms with van der Waals surface area (Å²) in [5.74, 6) is 0.501. The summed E-state index contributed by atoms with van der Waals surface area (Å²) in [5, 5.41) is 2.76. The van der Waals surface area contributed by atoms with Gasteiger partial charge in [0.2, 0.25) is 10.0 Å². The summed E-state index contributed by atoms with van der Waals surface area (Å²) in [6.45, 7) is 4.36. The lowest BCUT2D eigenvalue weighted by molar-refractivity contribution is -0.118. The van der Waals surface area contributed by atoms with Gasteiger partial charge in [0.05, 0.1) is 11.4 Å². The number of hydrogen-bond acceptors (Lipinski definition) is 4. The Balaban J connectivity index is 1.63.